The standard InChI is InChI=1S/C24H31N3O5S2/c1-18(25)20-8-5-9-23(15-20)34(31,32)27-16-21(19-6-3-2-4-7-19)14-22(17-27)24(28)26-10-12-33(29,30)13-11-26/h2-9,15,18,21-22H,10-14,16-17,25H2,1H3. The molecular formula is C24H31N3O5S2. The van der Waals surface area contributed by atoms with Crippen LogP contribution in [0.3, 0.4) is 0 Å². The minimum atomic E-state index is -3.86. The minimum Gasteiger partial charge on any atom is -0.340 e. The van der Waals surface area contributed by atoms with Gasteiger partial charge in [0.1, 0.15) is 0 Å². The third kappa shape index (κ3) is 5.35. The first kappa shape index (κ1) is 24.8. The van der Waals surface area contributed by atoms with Gasteiger partial charge < -0.3 is 10.6 Å². The van der Waals surface area contributed by atoms with Gasteiger partial charge in [-0.15, -0.1) is 0 Å². The zero-order valence-electron chi connectivity index (χ0n) is 19.2. The highest BCUT2D eigenvalue weighted by molar-refractivity contribution is 7.91. The fourth-order valence-corrected chi connectivity index (χ4v) is 7.49. The minimum absolute atomic E-state index is 0.0559. The van der Waals surface area contributed by atoms with Crippen molar-refractivity contribution in [3.8, 4) is 0 Å². The van der Waals surface area contributed by atoms with Crippen LogP contribution in [0.4, 0.5) is 0 Å². The van der Waals surface area contributed by atoms with Gasteiger partial charge in [0.25, 0.3) is 0 Å². The Bertz CT molecular complexity index is 1230. The van der Waals surface area contributed by atoms with E-state index in [4.69, 9.17) is 5.73 Å². The molecule has 2 heterocycles. The summed E-state index contributed by atoms with van der Waals surface area (Å²) in [5.74, 6) is -0.991. The van der Waals surface area contributed by atoms with E-state index in [1.165, 1.54) is 4.31 Å². The molecule has 0 saturated carbocycles. The van der Waals surface area contributed by atoms with Gasteiger partial charge in [-0.05, 0) is 42.5 Å². The van der Waals surface area contributed by atoms with Crippen molar-refractivity contribution >= 4 is 25.8 Å². The number of nitrogens with zero attached hydrogens (tertiary/aromatic N) is 2. The van der Waals surface area contributed by atoms with Crippen LogP contribution in [0.15, 0.2) is 59.5 Å². The van der Waals surface area contributed by atoms with E-state index < -0.39 is 25.8 Å². The summed E-state index contributed by atoms with van der Waals surface area (Å²) in [6.07, 6.45) is 0.512. The van der Waals surface area contributed by atoms with Crippen LogP contribution in [0, 0.1) is 5.92 Å². The second-order valence-electron chi connectivity index (χ2n) is 9.20. The summed E-state index contributed by atoms with van der Waals surface area (Å²) < 4.78 is 52.3. The van der Waals surface area contributed by atoms with Gasteiger partial charge in [-0.3, -0.25) is 4.79 Å². The number of carbonyl (C=O) groups is 1. The molecule has 0 aliphatic carbocycles. The van der Waals surface area contributed by atoms with Crippen molar-refractivity contribution in [2.24, 2.45) is 11.7 Å². The van der Waals surface area contributed by atoms with Crippen LogP contribution in [-0.4, -0.2) is 69.6 Å². The molecule has 3 atom stereocenters. The van der Waals surface area contributed by atoms with Crippen LogP contribution in [0.1, 0.15) is 36.4 Å². The van der Waals surface area contributed by atoms with Gasteiger partial charge >= 0.3 is 0 Å². The summed E-state index contributed by atoms with van der Waals surface area (Å²) in [6.45, 7) is 2.43. The Kier molecular flexibility index (Phi) is 7.14. The lowest BCUT2D eigenvalue weighted by molar-refractivity contribution is -0.136. The Labute approximate surface area is 201 Å². The number of hydrogen-bond donors (Lipinski definition) is 1. The smallest absolute Gasteiger partial charge is 0.243 e. The van der Waals surface area contributed by atoms with E-state index in [9.17, 15) is 21.6 Å². The summed E-state index contributed by atoms with van der Waals surface area (Å²) in [5.41, 5.74) is 7.66. The first-order valence-corrected chi connectivity index (χ1v) is 14.7. The SMILES string of the molecule is CC(N)c1cccc(S(=O)(=O)N2CC(C(=O)N3CCS(=O)(=O)CC3)CC(c3ccccc3)C2)c1. The number of rotatable bonds is 5. The van der Waals surface area contributed by atoms with E-state index in [1.807, 2.05) is 30.3 Å². The fraction of sp³-hybridized carbons (Fsp3) is 0.458. The number of nitrogens with two attached hydrogens (primary N) is 1. The average molecular weight is 506 g/mol. The monoisotopic (exact) mass is 505 g/mol. The number of sulfonamides is 1. The molecule has 0 spiro atoms. The highest BCUT2D eigenvalue weighted by atomic mass is 32.2. The van der Waals surface area contributed by atoms with E-state index in [-0.39, 0.29) is 60.4 Å². The topological polar surface area (TPSA) is 118 Å². The molecule has 4 rings (SSSR count). The zero-order chi connectivity index (χ0) is 24.5. The number of carbonyl (C=O) groups excluding carboxylic acids is 1. The number of piperidine rings is 1. The molecule has 2 N–H and O–H groups in total. The third-order valence-electron chi connectivity index (χ3n) is 6.72. The van der Waals surface area contributed by atoms with Gasteiger partial charge in [-0.25, -0.2) is 16.8 Å². The number of hydrogen-bond acceptors (Lipinski definition) is 6. The summed E-state index contributed by atoms with van der Waals surface area (Å²) in [5, 5.41) is 0. The normalized spacial score (nSPS) is 24.5. The molecule has 34 heavy (non-hydrogen) atoms. The fourth-order valence-electron chi connectivity index (χ4n) is 4.70. The van der Waals surface area contributed by atoms with E-state index >= 15 is 0 Å². The van der Waals surface area contributed by atoms with Crippen molar-refractivity contribution in [2.45, 2.75) is 30.2 Å². The molecule has 2 aliphatic rings. The molecule has 184 valence electrons. The summed E-state index contributed by atoms with van der Waals surface area (Å²) in [6, 6.07) is 15.9. The van der Waals surface area contributed by atoms with E-state index in [1.54, 1.807) is 36.1 Å². The highest BCUT2D eigenvalue weighted by Gasteiger charge is 2.40. The summed E-state index contributed by atoms with van der Waals surface area (Å²) >= 11 is 0. The van der Waals surface area contributed by atoms with Crippen molar-refractivity contribution in [2.75, 3.05) is 37.7 Å². The summed E-state index contributed by atoms with van der Waals surface area (Å²) in [4.78, 5) is 15.1. The van der Waals surface area contributed by atoms with Gasteiger partial charge in [-0.2, -0.15) is 4.31 Å². The molecule has 8 nitrogen and oxygen atoms in total. The van der Waals surface area contributed by atoms with Crippen LogP contribution >= 0.6 is 0 Å². The van der Waals surface area contributed by atoms with Crippen LogP contribution in [-0.2, 0) is 24.7 Å². The molecule has 10 heteroatoms. The van der Waals surface area contributed by atoms with Crippen molar-refractivity contribution in [1.29, 1.82) is 0 Å². The summed E-state index contributed by atoms with van der Waals surface area (Å²) in [7, 11) is -6.99. The second-order valence-corrected chi connectivity index (χ2v) is 13.4. The van der Waals surface area contributed by atoms with Crippen molar-refractivity contribution in [3.05, 3.63) is 65.7 Å². The maximum absolute atomic E-state index is 13.6. The molecule has 1 amide bonds. The molecule has 0 radical (unpaired) electrons. The Morgan fingerprint density at radius 3 is 2.35 bits per heavy atom. The van der Waals surface area contributed by atoms with Gasteiger partial charge in [0, 0.05) is 32.2 Å². The maximum atomic E-state index is 13.6. The lowest BCUT2D eigenvalue weighted by Gasteiger charge is -2.39. The first-order valence-electron chi connectivity index (χ1n) is 11.5. The maximum Gasteiger partial charge on any atom is 0.243 e. The van der Waals surface area contributed by atoms with Crippen molar-refractivity contribution < 1.29 is 21.6 Å². The largest absolute Gasteiger partial charge is 0.340 e. The Hall–Kier alpha value is -2.27. The predicted molar refractivity (Wildman–Crippen MR) is 130 cm³/mol. The van der Waals surface area contributed by atoms with Crippen molar-refractivity contribution in [3.63, 3.8) is 0 Å². The first-order chi connectivity index (χ1) is 16.1. The number of amides is 1. The molecule has 2 aromatic carbocycles. The molecule has 2 aromatic rings. The lowest BCUT2D eigenvalue weighted by atomic mass is 9.85. The molecule has 0 aromatic heterocycles. The Morgan fingerprint density at radius 1 is 1.03 bits per heavy atom. The molecule has 2 saturated heterocycles. The predicted octanol–water partition coefficient (Wildman–Crippen LogP) is 1.76. The van der Waals surface area contributed by atoms with Crippen LogP contribution in [0.25, 0.3) is 0 Å². The molecule has 2 aliphatic heterocycles. The van der Waals surface area contributed by atoms with Gasteiger partial charge in [0.2, 0.25) is 15.9 Å². The Balaban J connectivity index is 1.64. The Morgan fingerprint density at radius 2 is 1.71 bits per heavy atom. The molecule has 3 unspecified atom stereocenters. The molecular weight excluding hydrogens is 474 g/mol. The number of sulfone groups is 1. The van der Waals surface area contributed by atoms with E-state index in [0.717, 1.165) is 11.1 Å². The highest BCUT2D eigenvalue weighted by Crippen LogP contribution is 2.34. The molecule has 0 bridgehead atoms. The zero-order valence-corrected chi connectivity index (χ0v) is 20.8. The number of benzene rings is 2. The van der Waals surface area contributed by atoms with Crippen molar-refractivity contribution in [1.82, 2.24) is 9.21 Å². The van der Waals surface area contributed by atoms with Crippen LogP contribution < -0.4 is 5.73 Å². The average Bonchev–Trinajstić information content (AvgIpc) is 2.84. The van der Waals surface area contributed by atoms with E-state index in [0.29, 0.717) is 6.42 Å². The lowest BCUT2D eigenvalue weighted by Crippen LogP contribution is -2.52. The van der Waals surface area contributed by atoms with E-state index in [2.05, 4.69) is 0 Å². The molecule has 2 fully saturated rings. The van der Waals surface area contributed by atoms with Gasteiger partial charge in [0.15, 0.2) is 9.84 Å². The third-order valence-corrected chi connectivity index (χ3v) is 10.2. The van der Waals surface area contributed by atoms with Gasteiger partial charge in [-0.1, -0.05) is 42.5 Å². The second kappa shape index (κ2) is 9.77. The van der Waals surface area contributed by atoms with Crippen LogP contribution in [0.2, 0.25) is 0 Å². The van der Waals surface area contributed by atoms with Crippen LogP contribution in [0.5, 0.6) is 0 Å². The van der Waals surface area contributed by atoms with Gasteiger partial charge in [0.05, 0.1) is 22.3 Å². The quantitative estimate of drug-likeness (QED) is 0.662.